The third-order valence-corrected chi connectivity index (χ3v) is 2.55. The Morgan fingerprint density at radius 2 is 2.05 bits per heavy atom. The molecule has 104 valence electrons. The number of carbonyl (C=O) groups excluding carboxylic acids is 1. The van der Waals surface area contributed by atoms with Crippen LogP contribution in [0, 0.1) is 0 Å². The molecule has 0 aliphatic heterocycles. The zero-order valence-corrected chi connectivity index (χ0v) is 10.8. The van der Waals surface area contributed by atoms with E-state index in [4.69, 9.17) is 16.7 Å². The van der Waals surface area contributed by atoms with Crippen molar-refractivity contribution in [3.63, 3.8) is 0 Å². The number of carboxylic acids is 1. The molecule has 0 fully saturated rings. The van der Waals surface area contributed by atoms with E-state index >= 15 is 0 Å². The number of pyridine rings is 1. The molecule has 2 atom stereocenters. The molecule has 0 radical (unpaired) electrons. The van der Waals surface area contributed by atoms with Crippen LogP contribution in [0.4, 0.5) is 0 Å². The zero-order chi connectivity index (χ0) is 14.6. The molecular formula is C11H13ClN2O5. The Hall–Kier alpha value is -1.70. The first-order chi connectivity index (χ1) is 8.82. The average Bonchev–Trinajstić information content (AvgIpc) is 2.34. The zero-order valence-electron chi connectivity index (χ0n) is 10.00. The molecule has 0 saturated carbocycles. The second-order valence-corrected chi connectivity index (χ2v) is 4.21. The number of hydrogen-bond donors (Lipinski definition) is 4. The molecule has 0 spiro atoms. The maximum atomic E-state index is 11.0. The molecule has 0 aliphatic rings. The van der Waals surface area contributed by atoms with Crippen LogP contribution in [0.5, 0.6) is 0 Å². The minimum absolute atomic E-state index is 0.0373. The van der Waals surface area contributed by atoms with Gasteiger partial charge in [-0.15, -0.1) is 0 Å². The number of rotatable bonds is 5. The first-order valence-electron chi connectivity index (χ1n) is 5.33. The van der Waals surface area contributed by atoms with Gasteiger partial charge in [-0.3, -0.25) is 4.79 Å². The summed E-state index contributed by atoms with van der Waals surface area (Å²) in [7, 11) is 0. The Balaban J connectivity index is 2.95. The number of carbonyl (C=O) groups is 2. The van der Waals surface area contributed by atoms with Crippen LogP contribution >= 0.6 is 11.6 Å². The van der Waals surface area contributed by atoms with Crippen molar-refractivity contribution in [3.8, 4) is 0 Å². The van der Waals surface area contributed by atoms with Gasteiger partial charge in [-0.05, 0) is 6.07 Å². The summed E-state index contributed by atoms with van der Waals surface area (Å²) in [6, 6.07) is 2.57. The summed E-state index contributed by atoms with van der Waals surface area (Å²) in [5.74, 6) is -1.75. The van der Waals surface area contributed by atoms with Crippen molar-refractivity contribution >= 4 is 23.5 Å². The van der Waals surface area contributed by atoms with E-state index in [2.05, 4.69) is 10.3 Å². The lowest BCUT2D eigenvalue weighted by Crippen LogP contribution is -2.34. The summed E-state index contributed by atoms with van der Waals surface area (Å²) in [6.07, 6.45) is -2.85. The Kier molecular flexibility index (Phi) is 5.22. The molecule has 0 aliphatic carbocycles. The third-order valence-electron chi connectivity index (χ3n) is 2.34. The summed E-state index contributed by atoms with van der Waals surface area (Å²) in [4.78, 5) is 25.3. The fourth-order valence-corrected chi connectivity index (χ4v) is 1.57. The van der Waals surface area contributed by atoms with Crippen molar-refractivity contribution in [3.05, 3.63) is 28.5 Å². The molecule has 7 nitrogen and oxygen atoms in total. The van der Waals surface area contributed by atoms with Gasteiger partial charge in [0, 0.05) is 19.0 Å². The number of nitrogens with zero attached hydrogens (tertiary/aromatic N) is 1. The smallest absolute Gasteiger partial charge is 0.354 e. The van der Waals surface area contributed by atoms with E-state index in [-0.39, 0.29) is 23.2 Å². The van der Waals surface area contributed by atoms with Crippen LogP contribution < -0.4 is 5.32 Å². The van der Waals surface area contributed by atoms with Crippen molar-refractivity contribution in [1.29, 1.82) is 0 Å². The number of amides is 1. The Morgan fingerprint density at radius 1 is 1.42 bits per heavy atom. The molecule has 0 bridgehead atoms. The number of aliphatic hydroxyl groups is 2. The van der Waals surface area contributed by atoms with Gasteiger partial charge in [0.2, 0.25) is 5.91 Å². The predicted molar refractivity (Wildman–Crippen MR) is 65.9 cm³/mol. The molecule has 1 aromatic rings. The Bertz CT molecular complexity index is 494. The molecule has 1 aromatic heterocycles. The maximum absolute atomic E-state index is 11.0. The van der Waals surface area contributed by atoms with Crippen LogP contribution in [0.25, 0.3) is 0 Å². The lowest BCUT2D eigenvalue weighted by Gasteiger charge is -2.19. The van der Waals surface area contributed by atoms with Gasteiger partial charge in [0.25, 0.3) is 0 Å². The van der Waals surface area contributed by atoms with E-state index in [1.165, 1.54) is 19.1 Å². The summed E-state index contributed by atoms with van der Waals surface area (Å²) >= 11 is 5.57. The molecule has 0 aromatic carbocycles. The number of halogens is 1. The van der Waals surface area contributed by atoms with Crippen molar-refractivity contribution in [1.82, 2.24) is 10.3 Å². The number of carboxylic acid groups (broad SMARTS) is 1. The number of aliphatic hydroxyl groups excluding tert-OH is 2. The molecule has 8 heteroatoms. The highest BCUT2D eigenvalue weighted by Gasteiger charge is 2.25. The van der Waals surface area contributed by atoms with E-state index in [0.29, 0.717) is 0 Å². The van der Waals surface area contributed by atoms with Crippen LogP contribution in [0.2, 0.25) is 5.15 Å². The van der Waals surface area contributed by atoms with Gasteiger partial charge in [-0.25, -0.2) is 9.78 Å². The van der Waals surface area contributed by atoms with Crippen LogP contribution in [-0.4, -0.2) is 44.8 Å². The third kappa shape index (κ3) is 4.16. The second-order valence-electron chi connectivity index (χ2n) is 3.83. The lowest BCUT2D eigenvalue weighted by molar-refractivity contribution is -0.119. The predicted octanol–water partition coefficient (Wildman–Crippen LogP) is -0.0364. The standard InChI is InChI=1S/C11H13ClN2O5/c1-5(15)13-4-7(16)10(17)6-2-3-8(12)14-9(6)11(18)19/h2-3,7,10,16-17H,4H2,1H3,(H,13,15)(H,18,19). The van der Waals surface area contributed by atoms with E-state index in [1.807, 2.05) is 0 Å². The van der Waals surface area contributed by atoms with Gasteiger partial charge in [-0.2, -0.15) is 0 Å². The summed E-state index contributed by atoms with van der Waals surface area (Å²) < 4.78 is 0. The fourth-order valence-electron chi connectivity index (χ4n) is 1.42. The highest BCUT2D eigenvalue weighted by Crippen LogP contribution is 2.22. The van der Waals surface area contributed by atoms with Crippen LogP contribution in [0.15, 0.2) is 12.1 Å². The topological polar surface area (TPSA) is 120 Å². The van der Waals surface area contributed by atoms with Crippen molar-refractivity contribution in [2.24, 2.45) is 0 Å². The maximum Gasteiger partial charge on any atom is 0.354 e. The molecular weight excluding hydrogens is 276 g/mol. The molecule has 19 heavy (non-hydrogen) atoms. The summed E-state index contributed by atoms with van der Waals surface area (Å²) in [6.45, 7) is 1.05. The van der Waals surface area contributed by atoms with E-state index in [1.54, 1.807) is 0 Å². The number of aromatic nitrogens is 1. The molecule has 2 unspecified atom stereocenters. The molecule has 4 N–H and O–H groups in total. The molecule has 1 heterocycles. The SMILES string of the molecule is CC(=O)NCC(O)C(O)c1ccc(Cl)nc1C(=O)O. The van der Waals surface area contributed by atoms with Gasteiger partial charge in [-0.1, -0.05) is 17.7 Å². The van der Waals surface area contributed by atoms with Crippen LogP contribution in [0.3, 0.4) is 0 Å². The largest absolute Gasteiger partial charge is 0.476 e. The molecule has 1 amide bonds. The number of nitrogens with one attached hydrogen (secondary N) is 1. The fraction of sp³-hybridized carbons (Fsp3) is 0.364. The van der Waals surface area contributed by atoms with Crippen LogP contribution in [-0.2, 0) is 4.79 Å². The van der Waals surface area contributed by atoms with E-state index < -0.39 is 23.9 Å². The van der Waals surface area contributed by atoms with Gasteiger partial charge in [0.05, 0.1) is 0 Å². The average molecular weight is 289 g/mol. The molecule has 1 rings (SSSR count). The minimum atomic E-state index is -1.50. The van der Waals surface area contributed by atoms with Gasteiger partial charge < -0.3 is 20.6 Å². The lowest BCUT2D eigenvalue weighted by atomic mass is 10.0. The highest BCUT2D eigenvalue weighted by molar-refractivity contribution is 6.29. The number of hydrogen-bond acceptors (Lipinski definition) is 5. The highest BCUT2D eigenvalue weighted by atomic mass is 35.5. The number of aromatic carboxylic acids is 1. The monoisotopic (exact) mass is 288 g/mol. The quantitative estimate of drug-likeness (QED) is 0.565. The molecule has 0 saturated heterocycles. The van der Waals surface area contributed by atoms with Crippen molar-refractivity contribution < 1.29 is 24.9 Å². The first-order valence-corrected chi connectivity index (χ1v) is 5.71. The van der Waals surface area contributed by atoms with Crippen LogP contribution in [0.1, 0.15) is 29.1 Å². The normalized spacial score (nSPS) is 13.7. The van der Waals surface area contributed by atoms with Gasteiger partial charge in [0.1, 0.15) is 17.4 Å². The van der Waals surface area contributed by atoms with E-state index in [9.17, 15) is 19.8 Å². The van der Waals surface area contributed by atoms with Crippen molar-refractivity contribution in [2.45, 2.75) is 19.1 Å². The Labute approximate surface area is 113 Å². The van der Waals surface area contributed by atoms with Gasteiger partial charge >= 0.3 is 5.97 Å². The summed E-state index contributed by atoms with van der Waals surface area (Å²) in [5.41, 5.74) is -0.517. The first kappa shape index (κ1) is 15.4. The van der Waals surface area contributed by atoms with E-state index in [0.717, 1.165) is 0 Å². The summed E-state index contributed by atoms with van der Waals surface area (Å²) in [5, 5.41) is 30.8. The van der Waals surface area contributed by atoms with Gasteiger partial charge in [0.15, 0.2) is 5.69 Å². The minimum Gasteiger partial charge on any atom is -0.476 e. The Morgan fingerprint density at radius 3 is 2.58 bits per heavy atom. The van der Waals surface area contributed by atoms with Crippen molar-refractivity contribution in [2.75, 3.05) is 6.54 Å². The second kappa shape index (κ2) is 6.46.